The largest absolute Gasteiger partial charge is 0.342 e. The lowest BCUT2D eigenvalue weighted by molar-refractivity contribution is -0.133. The Morgan fingerprint density at radius 2 is 2.13 bits per heavy atom. The second-order valence-corrected chi connectivity index (χ2v) is 5.34. The molecule has 1 aromatic carbocycles. The molecule has 1 atom stereocenters. The number of rotatable bonds is 1. The number of likely N-dealkylation sites (tertiary alicyclic amines) is 1. The van der Waals surface area contributed by atoms with Crippen molar-refractivity contribution in [2.24, 2.45) is 0 Å². The summed E-state index contributed by atoms with van der Waals surface area (Å²) < 4.78 is 0. The molecule has 2 aliphatic heterocycles. The standard InChI is InChI=1S/C12H13NOS/c14-12(13-6-3-7-13)11-8-9-4-1-2-5-10(9)15-11/h1-2,4-5,11H,3,6-8H2. The maximum absolute atomic E-state index is 12.0. The molecule has 0 bridgehead atoms. The van der Waals surface area contributed by atoms with Gasteiger partial charge in [0.15, 0.2) is 0 Å². The van der Waals surface area contributed by atoms with Gasteiger partial charge in [0.05, 0.1) is 5.25 Å². The van der Waals surface area contributed by atoms with Crippen LogP contribution in [0.15, 0.2) is 29.2 Å². The van der Waals surface area contributed by atoms with E-state index in [1.165, 1.54) is 16.9 Å². The number of nitrogens with zero attached hydrogens (tertiary/aromatic N) is 1. The summed E-state index contributed by atoms with van der Waals surface area (Å²) >= 11 is 1.73. The third kappa shape index (κ3) is 1.55. The molecule has 3 heteroatoms. The van der Waals surface area contributed by atoms with E-state index >= 15 is 0 Å². The van der Waals surface area contributed by atoms with Crippen molar-refractivity contribution in [3.05, 3.63) is 29.8 Å². The van der Waals surface area contributed by atoms with Crippen LogP contribution in [-0.2, 0) is 11.2 Å². The van der Waals surface area contributed by atoms with Gasteiger partial charge in [-0.15, -0.1) is 11.8 Å². The average molecular weight is 219 g/mol. The van der Waals surface area contributed by atoms with Crippen molar-refractivity contribution in [3.8, 4) is 0 Å². The molecule has 2 nitrogen and oxygen atoms in total. The highest BCUT2D eigenvalue weighted by atomic mass is 32.2. The van der Waals surface area contributed by atoms with Crippen molar-refractivity contribution < 1.29 is 4.79 Å². The number of carbonyl (C=O) groups is 1. The molecule has 2 heterocycles. The third-order valence-corrected chi connectivity index (χ3v) is 4.40. The van der Waals surface area contributed by atoms with Crippen LogP contribution in [0.2, 0.25) is 0 Å². The number of hydrogen-bond acceptors (Lipinski definition) is 2. The Morgan fingerprint density at radius 3 is 2.80 bits per heavy atom. The van der Waals surface area contributed by atoms with Gasteiger partial charge in [0, 0.05) is 18.0 Å². The van der Waals surface area contributed by atoms with Gasteiger partial charge in [-0.3, -0.25) is 4.79 Å². The monoisotopic (exact) mass is 219 g/mol. The van der Waals surface area contributed by atoms with Crippen molar-refractivity contribution in [2.75, 3.05) is 13.1 Å². The van der Waals surface area contributed by atoms with E-state index in [0.29, 0.717) is 5.91 Å². The first-order valence-corrected chi connectivity index (χ1v) is 6.26. The van der Waals surface area contributed by atoms with Crippen LogP contribution >= 0.6 is 11.8 Å². The Labute approximate surface area is 93.7 Å². The van der Waals surface area contributed by atoms with E-state index in [4.69, 9.17) is 0 Å². The van der Waals surface area contributed by atoms with Crippen molar-refractivity contribution >= 4 is 17.7 Å². The van der Waals surface area contributed by atoms with Crippen molar-refractivity contribution in [3.63, 3.8) is 0 Å². The SMILES string of the molecule is O=C(C1Cc2ccccc2S1)N1CCC1. The molecule has 1 saturated heterocycles. The molecule has 0 aromatic heterocycles. The number of benzene rings is 1. The molecule has 0 N–H and O–H groups in total. The third-order valence-electron chi connectivity index (χ3n) is 3.09. The predicted octanol–water partition coefficient (Wildman–Crippen LogP) is 1.94. The molecular weight excluding hydrogens is 206 g/mol. The van der Waals surface area contributed by atoms with Crippen LogP contribution < -0.4 is 0 Å². The normalized spacial score (nSPS) is 23.5. The highest BCUT2D eigenvalue weighted by Crippen LogP contribution is 2.37. The minimum absolute atomic E-state index is 0.141. The van der Waals surface area contributed by atoms with E-state index in [2.05, 4.69) is 18.2 Å². The number of thioether (sulfide) groups is 1. The topological polar surface area (TPSA) is 20.3 Å². The predicted molar refractivity (Wildman–Crippen MR) is 61.0 cm³/mol. The summed E-state index contributed by atoms with van der Waals surface area (Å²) in [5.41, 5.74) is 1.33. The first-order valence-electron chi connectivity index (χ1n) is 5.38. The Balaban J connectivity index is 1.75. The van der Waals surface area contributed by atoms with Gasteiger partial charge in [0.25, 0.3) is 0 Å². The van der Waals surface area contributed by atoms with Crippen LogP contribution in [0.1, 0.15) is 12.0 Å². The smallest absolute Gasteiger partial charge is 0.236 e. The van der Waals surface area contributed by atoms with Crippen molar-refractivity contribution in [2.45, 2.75) is 23.0 Å². The van der Waals surface area contributed by atoms with E-state index in [9.17, 15) is 4.79 Å². The van der Waals surface area contributed by atoms with E-state index in [0.717, 1.165) is 19.5 Å². The molecule has 0 radical (unpaired) electrons. The summed E-state index contributed by atoms with van der Waals surface area (Å²) in [6.07, 6.45) is 2.09. The van der Waals surface area contributed by atoms with Gasteiger partial charge in [0.1, 0.15) is 0 Å². The minimum atomic E-state index is 0.141. The molecule has 1 amide bonds. The second-order valence-electron chi connectivity index (χ2n) is 4.10. The van der Waals surface area contributed by atoms with Crippen LogP contribution in [0.4, 0.5) is 0 Å². The van der Waals surface area contributed by atoms with Gasteiger partial charge in [-0.1, -0.05) is 18.2 Å². The summed E-state index contributed by atoms with van der Waals surface area (Å²) in [6.45, 7) is 1.93. The molecule has 15 heavy (non-hydrogen) atoms. The highest BCUT2D eigenvalue weighted by Gasteiger charge is 2.33. The summed E-state index contributed by atoms with van der Waals surface area (Å²) in [5, 5.41) is 0.141. The molecule has 1 aromatic rings. The van der Waals surface area contributed by atoms with Crippen LogP contribution in [0.5, 0.6) is 0 Å². The molecule has 1 fully saturated rings. The summed E-state index contributed by atoms with van der Waals surface area (Å²) in [5.74, 6) is 0.336. The van der Waals surface area contributed by atoms with E-state index in [-0.39, 0.29) is 5.25 Å². The van der Waals surface area contributed by atoms with Crippen LogP contribution in [0, 0.1) is 0 Å². The lowest BCUT2D eigenvalue weighted by Crippen LogP contribution is -2.46. The van der Waals surface area contributed by atoms with E-state index < -0.39 is 0 Å². The van der Waals surface area contributed by atoms with Gasteiger partial charge < -0.3 is 4.90 Å². The highest BCUT2D eigenvalue weighted by molar-refractivity contribution is 8.01. The molecule has 1 unspecified atom stereocenters. The minimum Gasteiger partial charge on any atom is -0.342 e. The van der Waals surface area contributed by atoms with Crippen LogP contribution in [0.25, 0.3) is 0 Å². The zero-order valence-corrected chi connectivity index (χ0v) is 9.30. The first-order chi connectivity index (χ1) is 7.34. The Bertz CT molecular complexity index is 375. The first kappa shape index (κ1) is 9.28. The van der Waals surface area contributed by atoms with Crippen LogP contribution in [-0.4, -0.2) is 29.1 Å². The fourth-order valence-electron chi connectivity index (χ4n) is 2.06. The maximum Gasteiger partial charge on any atom is 0.236 e. The van der Waals surface area contributed by atoms with Gasteiger partial charge >= 0.3 is 0 Å². The average Bonchev–Trinajstić information content (AvgIpc) is 2.58. The summed E-state index contributed by atoms with van der Waals surface area (Å²) in [4.78, 5) is 15.3. The van der Waals surface area contributed by atoms with Gasteiger partial charge in [0.2, 0.25) is 5.91 Å². The lowest BCUT2D eigenvalue weighted by Gasteiger charge is -2.32. The number of amides is 1. The zero-order chi connectivity index (χ0) is 10.3. The van der Waals surface area contributed by atoms with Crippen LogP contribution in [0.3, 0.4) is 0 Å². The molecule has 2 aliphatic rings. The zero-order valence-electron chi connectivity index (χ0n) is 8.48. The maximum atomic E-state index is 12.0. The fraction of sp³-hybridized carbons (Fsp3) is 0.417. The number of hydrogen-bond donors (Lipinski definition) is 0. The Kier molecular flexibility index (Phi) is 2.20. The molecule has 0 aliphatic carbocycles. The molecule has 0 spiro atoms. The van der Waals surface area contributed by atoms with E-state index in [1.54, 1.807) is 11.8 Å². The Hall–Kier alpha value is -0.960. The van der Waals surface area contributed by atoms with Crippen molar-refractivity contribution in [1.82, 2.24) is 4.90 Å². The van der Waals surface area contributed by atoms with Gasteiger partial charge in [-0.25, -0.2) is 0 Å². The lowest BCUT2D eigenvalue weighted by atomic mass is 10.1. The molecular formula is C12H13NOS. The van der Waals surface area contributed by atoms with Gasteiger partial charge in [-0.05, 0) is 24.5 Å². The summed E-state index contributed by atoms with van der Waals surface area (Å²) in [6, 6.07) is 8.34. The number of fused-ring (bicyclic) bond motifs is 1. The van der Waals surface area contributed by atoms with E-state index in [1.807, 2.05) is 11.0 Å². The number of carbonyl (C=O) groups excluding carboxylic acids is 1. The fourth-order valence-corrected chi connectivity index (χ4v) is 3.34. The quantitative estimate of drug-likeness (QED) is 0.719. The molecule has 78 valence electrons. The Morgan fingerprint density at radius 1 is 1.33 bits per heavy atom. The van der Waals surface area contributed by atoms with Gasteiger partial charge in [-0.2, -0.15) is 0 Å². The second kappa shape index (κ2) is 3.56. The summed E-state index contributed by atoms with van der Waals surface area (Å²) in [7, 11) is 0. The molecule has 3 rings (SSSR count). The molecule has 0 saturated carbocycles. The van der Waals surface area contributed by atoms with Crippen molar-refractivity contribution in [1.29, 1.82) is 0 Å².